The van der Waals surface area contributed by atoms with Crippen LogP contribution >= 0.6 is 0 Å². The Bertz CT molecular complexity index is 1340. The number of rotatable bonds is 8. The molecule has 0 N–H and O–H groups in total. The van der Waals surface area contributed by atoms with Gasteiger partial charge in [-0.05, 0) is 65.1 Å². The first kappa shape index (κ1) is 25.7. The summed E-state index contributed by atoms with van der Waals surface area (Å²) in [6, 6.07) is 10.5. The van der Waals surface area contributed by atoms with E-state index < -0.39 is 23.3 Å². The van der Waals surface area contributed by atoms with Crippen molar-refractivity contribution in [2.24, 2.45) is 0 Å². The van der Waals surface area contributed by atoms with Gasteiger partial charge in [0.05, 0.1) is 12.7 Å². The Balaban J connectivity index is 1.40. The second-order valence-electron chi connectivity index (χ2n) is 10.2. The maximum absolute atomic E-state index is 15.3. The molecule has 1 heterocycles. The lowest BCUT2D eigenvalue weighted by molar-refractivity contribution is 0.0646. The fourth-order valence-electron chi connectivity index (χ4n) is 5.60. The molecule has 2 aliphatic rings. The van der Waals surface area contributed by atoms with Crippen molar-refractivity contribution in [3.05, 3.63) is 88.0 Å². The summed E-state index contributed by atoms with van der Waals surface area (Å²) in [7, 11) is 0. The zero-order valence-electron chi connectivity index (χ0n) is 21.4. The van der Waals surface area contributed by atoms with Crippen molar-refractivity contribution in [1.29, 1.82) is 0 Å². The van der Waals surface area contributed by atoms with Gasteiger partial charge in [0.1, 0.15) is 0 Å². The van der Waals surface area contributed by atoms with E-state index in [1.165, 1.54) is 19.3 Å². The Morgan fingerprint density at radius 2 is 1.46 bits per heavy atom. The highest BCUT2D eigenvalue weighted by Gasteiger charge is 2.32. The molecule has 3 aromatic rings. The van der Waals surface area contributed by atoms with Gasteiger partial charge < -0.3 is 4.74 Å². The maximum Gasteiger partial charge on any atom is 0.167 e. The van der Waals surface area contributed by atoms with Crippen LogP contribution in [-0.4, -0.2) is 12.7 Å². The number of hydrogen-bond acceptors (Lipinski definition) is 1. The van der Waals surface area contributed by atoms with Crippen molar-refractivity contribution < 1.29 is 22.3 Å². The van der Waals surface area contributed by atoms with Crippen LogP contribution in [0, 0.1) is 23.3 Å². The Hall–Kier alpha value is -2.92. The molecule has 0 saturated carbocycles. The lowest BCUT2D eigenvalue weighted by Crippen LogP contribution is -2.18. The maximum atomic E-state index is 15.3. The molecule has 3 aromatic carbocycles. The third-order valence-corrected chi connectivity index (χ3v) is 7.60. The van der Waals surface area contributed by atoms with Gasteiger partial charge in [0.15, 0.2) is 23.3 Å². The zero-order valence-corrected chi connectivity index (χ0v) is 21.4. The molecule has 5 heteroatoms. The Morgan fingerprint density at radius 1 is 0.784 bits per heavy atom. The van der Waals surface area contributed by atoms with Gasteiger partial charge in [-0.3, -0.25) is 0 Å². The van der Waals surface area contributed by atoms with Gasteiger partial charge >= 0.3 is 0 Å². The van der Waals surface area contributed by atoms with Gasteiger partial charge in [0.25, 0.3) is 0 Å². The van der Waals surface area contributed by atoms with E-state index in [0.29, 0.717) is 36.1 Å². The minimum absolute atomic E-state index is 0.120. The number of fused-ring (bicyclic) bond motifs is 3. The monoisotopic (exact) mass is 508 g/mol. The van der Waals surface area contributed by atoms with E-state index in [-0.39, 0.29) is 34.8 Å². The molecular weight excluding hydrogens is 476 g/mol. The second kappa shape index (κ2) is 10.8. The van der Waals surface area contributed by atoms with E-state index in [9.17, 15) is 8.78 Å². The number of halogens is 4. The molecule has 0 aromatic heterocycles. The molecule has 0 saturated heterocycles. The van der Waals surface area contributed by atoms with Gasteiger partial charge in [-0.15, -0.1) is 0 Å². The highest BCUT2D eigenvalue weighted by atomic mass is 19.2. The van der Waals surface area contributed by atoms with Gasteiger partial charge in [0.2, 0.25) is 0 Å². The van der Waals surface area contributed by atoms with E-state index in [2.05, 4.69) is 13.0 Å². The predicted octanol–water partition coefficient (Wildman–Crippen LogP) is 9.19. The summed E-state index contributed by atoms with van der Waals surface area (Å²) in [5.74, 6) is -4.24. The number of hydrogen-bond donors (Lipinski definition) is 0. The van der Waals surface area contributed by atoms with Crippen molar-refractivity contribution in [2.75, 3.05) is 6.61 Å². The molecule has 0 radical (unpaired) electrons. The molecule has 0 spiro atoms. The number of unbranched alkanes of at least 4 members (excludes halogenated alkanes) is 2. The highest BCUT2D eigenvalue weighted by Crippen LogP contribution is 2.45. The SMILES string of the molecule is CCCCCC1CC=C(c2ccc(-c3cc4c(c(F)c3F)-c3c(cc(CCC)c(F)c3F)C4)cc2)CO1. The standard InChI is InChI=1S/C32H32F4O/c1-3-5-6-8-25-14-13-22(18-37-25)19-9-11-20(12-10-19)26-17-24-16-23-15-21(7-4-2)29(33)31(35)27(23)28(24)32(36)30(26)34/h9-13,15,17,25H,3-8,14,16,18H2,1-2H3. The summed E-state index contributed by atoms with van der Waals surface area (Å²) in [4.78, 5) is 0. The average Bonchev–Trinajstić information content (AvgIpc) is 3.28. The predicted molar refractivity (Wildman–Crippen MR) is 140 cm³/mol. The Morgan fingerprint density at radius 3 is 2.11 bits per heavy atom. The van der Waals surface area contributed by atoms with Crippen LogP contribution in [0.5, 0.6) is 0 Å². The second-order valence-corrected chi connectivity index (χ2v) is 10.2. The van der Waals surface area contributed by atoms with Crippen LogP contribution in [0.2, 0.25) is 0 Å². The summed E-state index contributed by atoms with van der Waals surface area (Å²) in [5.41, 5.74) is 3.67. The van der Waals surface area contributed by atoms with E-state index in [0.717, 1.165) is 24.0 Å². The third kappa shape index (κ3) is 4.86. The fourth-order valence-corrected chi connectivity index (χ4v) is 5.60. The molecule has 5 rings (SSSR count). The minimum atomic E-state index is -1.13. The van der Waals surface area contributed by atoms with Crippen LogP contribution in [-0.2, 0) is 17.6 Å². The van der Waals surface area contributed by atoms with Crippen molar-refractivity contribution in [1.82, 2.24) is 0 Å². The van der Waals surface area contributed by atoms with Crippen LogP contribution in [0.3, 0.4) is 0 Å². The first-order chi connectivity index (χ1) is 17.9. The molecule has 1 unspecified atom stereocenters. The van der Waals surface area contributed by atoms with Crippen molar-refractivity contribution in [2.45, 2.75) is 71.3 Å². The minimum Gasteiger partial charge on any atom is -0.373 e. The summed E-state index contributed by atoms with van der Waals surface area (Å²) in [5, 5.41) is 0. The molecule has 37 heavy (non-hydrogen) atoms. The van der Waals surface area contributed by atoms with Crippen LogP contribution in [0.15, 0.2) is 42.5 Å². The molecular formula is C32H32F4O. The Labute approximate surface area is 216 Å². The molecule has 194 valence electrons. The molecule has 0 amide bonds. The first-order valence-corrected chi connectivity index (χ1v) is 13.3. The molecule has 1 aliphatic heterocycles. The summed E-state index contributed by atoms with van der Waals surface area (Å²) in [6.45, 7) is 4.61. The normalized spacial score (nSPS) is 16.5. The van der Waals surface area contributed by atoms with E-state index in [1.807, 2.05) is 19.1 Å². The highest BCUT2D eigenvalue weighted by molar-refractivity contribution is 5.82. The lowest BCUT2D eigenvalue weighted by atomic mass is 9.94. The summed E-state index contributed by atoms with van der Waals surface area (Å²) >= 11 is 0. The van der Waals surface area contributed by atoms with Gasteiger partial charge in [0, 0.05) is 16.7 Å². The molecule has 1 aliphatic carbocycles. The van der Waals surface area contributed by atoms with Crippen LogP contribution in [0.1, 0.15) is 74.6 Å². The summed E-state index contributed by atoms with van der Waals surface area (Å²) < 4.78 is 66.2. The van der Waals surface area contributed by atoms with Crippen molar-refractivity contribution in [3.8, 4) is 22.3 Å². The quantitative estimate of drug-likeness (QED) is 0.170. The smallest absolute Gasteiger partial charge is 0.167 e. The van der Waals surface area contributed by atoms with Crippen LogP contribution in [0.25, 0.3) is 27.8 Å². The molecule has 1 atom stereocenters. The van der Waals surface area contributed by atoms with Crippen molar-refractivity contribution >= 4 is 5.57 Å². The van der Waals surface area contributed by atoms with Gasteiger partial charge in [-0.25, -0.2) is 17.6 Å². The fraction of sp³-hybridized carbons (Fsp3) is 0.375. The van der Waals surface area contributed by atoms with E-state index in [1.54, 1.807) is 24.3 Å². The number of benzene rings is 3. The molecule has 0 fully saturated rings. The first-order valence-electron chi connectivity index (χ1n) is 13.3. The third-order valence-electron chi connectivity index (χ3n) is 7.60. The largest absolute Gasteiger partial charge is 0.373 e. The van der Waals surface area contributed by atoms with Crippen LogP contribution < -0.4 is 0 Å². The number of ether oxygens (including phenoxy) is 1. The Kier molecular flexibility index (Phi) is 7.52. The zero-order chi connectivity index (χ0) is 26.1. The topological polar surface area (TPSA) is 9.23 Å². The van der Waals surface area contributed by atoms with E-state index in [4.69, 9.17) is 4.74 Å². The van der Waals surface area contributed by atoms with Gasteiger partial charge in [-0.2, -0.15) is 0 Å². The number of aryl methyl sites for hydroxylation is 1. The lowest BCUT2D eigenvalue weighted by Gasteiger charge is -2.23. The van der Waals surface area contributed by atoms with Crippen molar-refractivity contribution in [3.63, 3.8) is 0 Å². The summed E-state index contributed by atoms with van der Waals surface area (Å²) in [6.07, 6.45) is 9.30. The van der Waals surface area contributed by atoms with Crippen LogP contribution in [0.4, 0.5) is 17.6 Å². The van der Waals surface area contributed by atoms with E-state index >= 15 is 8.78 Å². The van der Waals surface area contributed by atoms with Gasteiger partial charge in [-0.1, -0.05) is 75.9 Å². The average molecular weight is 509 g/mol. The molecule has 1 nitrogen and oxygen atoms in total. The molecule has 0 bridgehead atoms.